The summed E-state index contributed by atoms with van der Waals surface area (Å²) in [7, 11) is 1.76. The van der Waals surface area contributed by atoms with Gasteiger partial charge in [-0.3, -0.25) is 4.90 Å². The van der Waals surface area contributed by atoms with E-state index in [1.807, 2.05) is 0 Å². The van der Waals surface area contributed by atoms with Crippen molar-refractivity contribution in [1.82, 2.24) is 4.90 Å². The predicted molar refractivity (Wildman–Crippen MR) is 75.7 cm³/mol. The molecule has 1 aromatic rings. The summed E-state index contributed by atoms with van der Waals surface area (Å²) in [5, 5.41) is 8.68. The summed E-state index contributed by atoms with van der Waals surface area (Å²) >= 11 is 0. The number of likely N-dealkylation sites (tertiary alicyclic amines) is 1. The number of nitrogens with zero attached hydrogens (tertiary/aromatic N) is 1. The van der Waals surface area contributed by atoms with Gasteiger partial charge in [0.1, 0.15) is 12.4 Å². The summed E-state index contributed by atoms with van der Waals surface area (Å²) in [6.07, 6.45) is 2.44. The highest BCUT2D eigenvalue weighted by atomic mass is 19.1. The Hall–Kier alpha value is -1.41. The van der Waals surface area contributed by atoms with Gasteiger partial charge in [0.15, 0.2) is 0 Å². The summed E-state index contributed by atoms with van der Waals surface area (Å²) in [4.78, 5) is 2.34. The number of hydrogen-bond donors (Lipinski definition) is 1. The second kappa shape index (κ2) is 7.39. The van der Waals surface area contributed by atoms with Gasteiger partial charge in [-0.15, -0.1) is 0 Å². The first-order valence-corrected chi connectivity index (χ1v) is 6.86. The van der Waals surface area contributed by atoms with E-state index in [2.05, 4.69) is 16.7 Å². The topological polar surface area (TPSA) is 32.7 Å². The Morgan fingerprint density at radius 3 is 2.80 bits per heavy atom. The number of methoxy groups -OCH3 is 1. The van der Waals surface area contributed by atoms with Crippen LogP contribution in [0.1, 0.15) is 24.0 Å². The lowest BCUT2D eigenvalue weighted by Gasteiger charge is -2.31. The number of aliphatic hydroxyl groups excluding tert-OH is 1. The zero-order valence-electron chi connectivity index (χ0n) is 11.7. The van der Waals surface area contributed by atoms with Crippen LogP contribution in [0.15, 0.2) is 18.2 Å². The van der Waals surface area contributed by atoms with Gasteiger partial charge in [-0.2, -0.15) is 0 Å². The first-order valence-electron chi connectivity index (χ1n) is 6.86. The van der Waals surface area contributed by atoms with E-state index in [0.29, 0.717) is 11.7 Å². The molecule has 20 heavy (non-hydrogen) atoms. The number of rotatable bonds is 3. The lowest BCUT2D eigenvalue weighted by molar-refractivity contribution is 0.0388. The van der Waals surface area contributed by atoms with Gasteiger partial charge in [0.25, 0.3) is 0 Å². The third kappa shape index (κ3) is 4.04. The van der Waals surface area contributed by atoms with Gasteiger partial charge in [-0.05, 0) is 30.5 Å². The van der Waals surface area contributed by atoms with Gasteiger partial charge in [0, 0.05) is 26.7 Å². The highest BCUT2D eigenvalue weighted by molar-refractivity contribution is 5.38. The number of hydrogen-bond acceptors (Lipinski definition) is 3. The van der Waals surface area contributed by atoms with Crippen molar-refractivity contribution in [3.05, 3.63) is 35.1 Å². The van der Waals surface area contributed by atoms with Crippen LogP contribution in [0.4, 0.5) is 4.39 Å². The van der Waals surface area contributed by atoms with Gasteiger partial charge in [-0.1, -0.05) is 17.9 Å². The summed E-state index contributed by atoms with van der Waals surface area (Å²) in [6, 6.07) is 5.00. The predicted octanol–water partition coefficient (Wildman–Crippen LogP) is 1.78. The molecule has 1 fully saturated rings. The number of benzene rings is 1. The Morgan fingerprint density at radius 2 is 2.15 bits per heavy atom. The Kier molecular flexibility index (Phi) is 5.54. The molecule has 0 aliphatic carbocycles. The fourth-order valence-corrected chi connectivity index (χ4v) is 2.46. The summed E-state index contributed by atoms with van der Waals surface area (Å²) in [5.74, 6) is 4.79. The first-order chi connectivity index (χ1) is 9.72. The zero-order valence-corrected chi connectivity index (χ0v) is 11.7. The molecule has 1 aromatic carbocycles. The molecule has 1 saturated heterocycles. The second-order valence-corrected chi connectivity index (χ2v) is 4.99. The molecule has 4 heteroatoms. The van der Waals surface area contributed by atoms with Crippen molar-refractivity contribution in [3.63, 3.8) is 0 Å². The maximum absolute atomic E-state index is 13.6. The molecule has 0 atom stereocenters. The van der Waals surface area contributed by atoms with Gasteiger partial charge in [-0.25, -0.2) is 4.39 Å². The average molecular weight is 277 g/mol. The van der Waals surface area contributed by atoms with Gasteiger partial charge < -0.3 is 9.84 Å². The summed E-state index contributed by atoms with van der Waals surface area (Å²) < 4.78 is 18.9. The minimum absolute atomic E-state index is 0.256. The Morgan fingerprint density at radius 1 is 1.40 bits per heavy atom. The molecule has 3 nitrogen and oxygen atoms in total. The fraction of sp³-hybridized carbons (Fsp3) is 0.500. The van der Waals surface area contributed by atoms with Crippen LogP contribution in [0, 0.1) is 17.7 Å². The van der Waals surface area contributed by atoms with Crippen LogP contribution in [-0.2, 0) is 11.3 Å². The fourth-order valence-electron chi connectivity index (χ4n) is 2.46. The monoisotopic (exact) mass is 277 g/mol. The average Bonchev–Trinajstić information content (AvgIpc) is 2.48. The molecule has 1 aliphatic rings. The number of halogens is 1. The molecule has 1 heterocycles. The van der Waals surface area contributed by atoms with Crippen molar-refractivity contribution in [2.24, 2.45) is 0 Å². The minimum atomic E-state index is -0.340. The molecule has 0 aromatic heterocycles. The molecule has 1 N–H and O–H groups in total. The number of piperidine rings is 1. The van der Waals surface area contributed by atoms with Crippen molar-refractivity contribution in [2.75, 3.05) is 26.8 Å². The molecule has 0 spiro atoms. The van der Waals surface area contributed by atoms with E-state index in [1.54, 1.807) is 19.2 Å². The molecule has 0 amide bonds. The van der Waals surface area contributed by atoms with Crippen LogP contribution in [0.2, 0.25) is 0 Å². The maximum Gasteiger partial charge on any atom is 0.138 e. The van der Waals surface area contributed by atoms with Crippen LogP contribution in [-0.4, -0.2) is 42.9 Å². The molecule has 1 aliphatic heterocycles. The summed E-state index contributed by atoms with van der Waals surface area (Å²) in [5.41, 5.74) is 1.40. The molecular formula is C16H20FNO2. The Bertz CT molecular complexity index is 499. The van der Waals surface area contributed by atoms with Crippen molar-refractivity contribution < 1.29 is 14.2 Å². The summed E-state index contributed by atoms with van der Waals surface area (Å²) in [6.45, 7) is 2.53. The van der Waals surface area contributed by atoms with Crippen molar-refractivity contribution in [1.29, 1.82) is 0 Å². The van der Waals surface area contributed by atoms with E-state index < -0.39 is 0 Å². The molecule has 0 radical (unpaired) electrons. The second-order valence-electron chi connectivity index (χ2n) is 4.99. The molecule has 0 unspecified atom stereocenters. The Balaban J connectivity index is 1.99. The largest absolute Gasteiger partial charge is 0.384 e. The van der Waals surface area contributed by atoms with E-state index >= 15 is 0 Å². The SMILES string of the molecule is COC1CCN(Cc2ccc(F)c(C#CCO)c2)CC1. The smallest absolute Gasteiger partial charge is 0.138 e. The van der Waals surface area contributed by atoms with Crippen LogP contribution in [0.5, 0.6) is 0 Å². The Labute approximate surface area is 119 Å². The quantitative estimate of drug-likeness (QED) is 0.855. The van der Waals surface area contributed by atoms with Gasteiger partial charge in [0.2, 0.25) is 0 Å². The normalized spacial score (nSPS) is 16.8. The van der Waals surface area contributed by atoms with E-state index in [9.17, 15) is 4.39 Å². The minimum Gasteiger partial charge on any atom is -0.384 e. The standard InChI is InChI=1S/C16H20FNO2/c1-20-15-6-8-18(9-7-15)12-13-4-5-16(17)14(11-13)3-2-10-19/h4-5,11,15,19H,6-10,12H2,1H3. The van der Waals surface area contributed by atoms with Crippen LogP contribution < -0.4 is 0 Å². The molecule has 0 saturated carbocycles. The van der Waals surface area contributed by atoms with Gasteiger partial charge in [0.05, 0.1) is 11.7 Å². The molecular weight excluding hydrogens is 257 g/mol. The van der Waals surface area contributed by atoms with Crippen molar-refractivity contribution in [3.8, 4) is 11.8 Å². The highest BCUT2D eigenvalue weighted by Crippen LogP contribution is 2.17. The van der Waals surface area contributed by atoms with Crippen molar-refractivity contribution in [2.45, 2.75) is 25.5 Å². The van der Waals surface area contributed by atoms with Crippen LogP contribution in [0.3, 0.4) is 0 Å². The van der Waals surface area contributed by atoms with Crippen molar-refractivity contribution >= 4 is 0 Å². The van der Waals surface area contributed by atoms with E-state index in [-0.39, 0.29) is 12.4 Å². The number of ether oxygens (including phenoxy) is 1. The molecule has 0 bridgehead atoms. The molecule has 108 valence electrons. The third-order valence-electron chi connectivity index (χ3n) is 3.61. The van der Waals surface area contributed by atoms with Gasteiger partial charge >= 0.3 is 0 Å². The highest BCUT2D eigenvalue weighted by Gasteiger charge is 2.18. The van der Waals surface area contributed by atoms with Crippen LogP contribution >= 0.6 is 0 Å². The van der Waals surface area contributed by atoms with E-state index in [1.165, 1.54) is 6.07 Å². The van der Waals surface area contributed by atoms with E-state index in [0.717, 1.165) is 38.0 Å². The van der Waals surface area contributed by atoms with Crippen LogP contribution in [0.25, 0.3) is 0 Å². The first kappa shape index (κ1) is 15.0. The lowest BCUT2D eigenvalue weighted by atomic mass is 10.1. The number of aliphatic hydroxyl groups is 1. The maximum atomic E-state index is 13.6. The van der Waals surface area contributed by atoms with E-state index in [4.69, 9.17) is 9.84 Å². The lowest BCUT2D eigenvalue weighted by Crippen LogP contribution is -2.36. The third-order valence-corrected chi connectivity index (χ3v) is 3.61. The zero-order chi connectivity index (χ0) is 14.4. The molecule has 2 rings (SSSR count).